The quantitative estimate of drug-likeness (QED) is 0.0324. The highest BCUT2D eigenvalue weighted by Crippen LogP contribution is 2.42. The average molecular weight is 1160 g/mol. The summed E-state index contributed by atoms with van der Waals surface area (Å²) in [6.45, 7) is 17.5. The third kappa shape index (κ3) is 32.0. The van der Waals surface area contributed by atoms with E-state index < -0.39 is 0 Å². The van der Waals surface area contributed by atoms with Crippen molar-refractivity contribution in [3.8, 4) is 34.5 Å². The van der Waals surface area contributed by atoms with Crippen molar-refractivity contribution < 1.29 is 28.4 Å². The molecule has 84 heavy (non-hydrogen) atoms. The van der Waals surface area contributed by atoms with Crippen LogP contribution in [0.4, 0.5) is 11.4 Å². The van der Waals surface area contributed by atoms with Crippen LogP contribution in [0.5, 0.6) is 34.5 Å². The summed E-state index contributed by atoms with van der Waals surface area (Å²) in [6.07, 6.45) is 49.4. The third-order valence-corrected chi connectivity index (χ3v) is 16.0. The molecule has 0 saturated heterocycles. The Morgan fingerprint density at radius 1 is 0.250 bits per heavy atom. The van der Waals surface area contributed by atoms with E-state index in [4.69, 9.17) is 38.4 Å². The summed E-state index contributed by atoms with van der Waals surface area (Å²) in [5.41, 5.74) is 6.20. The van der Waals surface area contributed by atoms with Crippen LogP contribution >= 0.6 is 0 Å². The van der Waals surface area contributed by atoms with Crippen LogP contribution in [-0.2, 0) is 12.8 Å². The van der Waals surface area contributed by atoms with Crippen molar-refractivity contribution in [2.45, 2.75) is 286 Å². The molecule has 0 fully saturated rings. The van der Waals surface area contributed by atoms with Crippen molar-refractivity contribution in [3.63, 3.8) is 0 Å². The average Bonchev–Trinajstić information content (AvgIpc) is 3.67. The van der Waals surface area contributed by atoms with Gasteiger partial charge in [0.1, 0.15) is 0 Å². The minimum atomic E-state index is 0.640. The Labute approximate surface area is 514 Å². The Morgan fingerprint density at radius 2 is 0.488 bits per heavy atom. The number of ether oxygens (including phenoxy) is 6. The van der Waals surface area contributed by atoms with Gasteiger partial charge in [-0.05, 0) is 111 Å². The molecule has 0 radical (unpaired) electrons. The molecule has 0 saturated carbocycles. The van der Waals surface area contributed by atoms with Gasteiger partial charge < -0.3 is 28.4 Å². The number of benzene rings is 4. The van der Waals surface area contributed by atoms with E-state index in [0.717, 1.165) is 121 Å². The molecule has 4 aromatic carbocycles. The molecule has 0 bridgehead atoms. The third-order valence-electron chi connectivity index (χ3n) is 16.0. The Bertz CT molecular complexity index is 2100. The van der Waals surface area contributed by atoms with E-state index in [1.165, 1.54) is 191 Å². The summed E-state index contributed by atoms with van der Waals surface area (Å²) in [4.78, 5) is 10.0. The second-order valence-electron chi connectivity index (χ2n) is 23.7. The first-order valence-corrected chi connectivity index (χ1v) is 34.9. The van der Waals surface area contributed by atoms with E-state index in [9.17, 15) is 0 Å². The summed E-state index contributed by atoms with van der Waals surface area (Å²) < 4.78 is 39.7. The topological polar surface area (TPSA) is 80.1 Å². The number of hydrogen-bond acceptors (Lipinski definition) is 8. The summed E-state index contributed by atoms with van der Waals surface area (Å²) in [5, 5.41) is 0. The molecule has 0 aliphatic carbocycles. The molecular weight excluding hydrogens is 1040 g/mol. The van der Waals surface area contributed by atoms with Crippen LogP contribution in [0.2, 0.25) is 0 Å². The van der Waals surface area contributed by atoms with Crippen LogP contribution < -0.4 is 28.4 Å². The maximum atomic E-state index is 6.69. The number of rotatable bonds is 55. The fourth-order valence-electron chi connectivity index (χ4n) is 10.6. The lowest BCUT2D eigenvalue weighted by Gasteiger charge is -2.19. The highest BCUT2D eigenvalue weighted by Gasteiger charge is 2.20. The van der Waals surface area contributed by atoms with Gasteiger partial charge in [-0.1, -0.05) is 258 Å². The molecule has 470 valence electrons. The van der Waals surface area contributed by atoms with E-state index in [2.05, 4.69) is 114 Å². The zero-order valence-corrected chi connectivity index (χ0v) is 54.5. The zero-order chi connectivity index (χ0) is 59.6. The number of nitrogens with zero attached hydrogens (tertiary/aromatic N) is 2. The normalized spacial score (nSPS) is 11.5. The fraction of sp³-hybridized carbons (Fsp3) is 0.658. The first-order valence-electron chi connectivity index (χ1n) is 34.9. The van der Waals surface area contributed by atoms with E-state index in [1.54, 1.807) is 0 Å². The Hall–Kier alpha value is -4.98. The van der Waals surface area contributed by atoms with Crippen molar-refractivity contribution in [1.82, 2.24) is 0 Å². The second kappa shape index (κ2) is 49.2. The van der Waals surface area contributed by atoms with Gasteiger partial charge >= 0.3 is 0 Å². The largest absolute Gasteiger partial charge is 0.490 e. The van der Waals surface area contributed by atoms with Crippen LogP contribution in [0.15, 0.2) is 82.8 Å². The summed E-state index contributed by atoms with van der Waals surface area (Å²) in [5.74, 6) is 4.51. The number of hydrogen-bond donors (Lipinski definition) is 0. The van der Waals surface area contributed by atoms with Crippen molar-refractivity contribution in [2.24, 2.45) is 9.98 Å². The van der Waals surface area contributed by atoms with E-state index >= 15 is 0 Å². The SMILES string of the molecule is CCCCCCCCOc1ccc(C=Nc2ccc(CCc3ccc(N=Cc4ccc(OCCCCCCCC)c(OCCCCCCCC)c4OCCCCCCCC)cc3)cc2)c(OCCCCCCCC)c1OCCCCCCCC. The highest BCUT2D eigenvalue weighted by atomic mass is 16.5. The Kier molecular flexibility index (Phi) is 41.9. The molecular formula is C76H120N2O6. The van der Waals surface area contributed by atoms with E-state index in [-0.39, 0.29) is 0 Å². The van der Waals surface area contributed by atoms with Gasteiger partial charge in [0.2, 0.25) is 11.5 Å². The number of aryl methyl sites for hydroxylation is 2. The van der Waals surface area contributed by atoms with Gasteiger partial charge in [-0.15, -0.1) is 0 Å². The molecule has 0 aliphatic rings. The maximum absolute atomic E-state index is 6.69. The molecule has 0 heterocycles. The van der Waals surface area contributed by atoms with Crippen molar-refractivity contribution >= 4 is 23.8 Å². The van der Waals surface area contributed by atoms with Crippen molar-refractivity contribution in [2.75, 3.05) is 39.6 Å². The van der Waals surface area contributed by atoms with Crippen LogP contribution in [0.3, 0.4) is 0 Å². The van der Waals surface area contributed by atoms with E-state index in [1.807, 2.05) is 12.4 Å². The van der Waals surface area contributed by atoms with Crippen LogP contribution in [-0.4, -0.2) is 52.1 Å². The highest BCUT2D eigenvalue weighted by molar-refractivity contribution is 5.88. The lowest BCUT2D eigenvalue weighted by molar-refractivity contribution is 0.234. The fourth-order valence-corrected chi connectivity index (χ4v) is 10.6. The molecule has 8 heteroatoms. The standard InChI is InChI=1S/C76H120N2O6/c1-7-13-19-25-31-37-57-79-71-55-49-67(73(81-59-39-33-27-21-15-9-3)75(71)83-61-41-35-29-23-17-11-5)63-77-69-51-45-65(46-52-69)43-44-66-47-53-70(54-48-66)78-64-68-50-56-72(80-58-38-32-26-20-14-8-2)76(84-62-42-36-30-24-18-12-6)74(68)82-60-40-34-28-22-16-10-4/h45-56,63-64H,7-44,57-62H2,1-6H3. The lowest BCUT2D eigenvalue weighted by Crippen LogP contribution is -2.08. The maximum Gasteiger partial charge on any atom is 0.204 e. The summed E-state index contributed by atoms with van der Waals surface area (Å²) in [7, 11) is 0. The number of unbranched alkanes of at least 4 members (excludes halogenated alkanes) is 30. The number of aliphatic imine (C=N–C) groups is 2. The van der Waals surface area contributed by atoms with Gasteiger partial charge in [-0.3, -0.25) is 9.98 Å². The van der Waals surface area contributed by atoms with Gasteiger partial charge in [0, 0.05) is 23.6 Å². The second-order valence-corrected chi connectivity index (χ2v) is 23.7. The van der Waals surface area contributed by atoms with Gasteiger partial charge in [0.05, 0.1) is 51.0 Å². The van der Waals surface area contributed by atoms with Crippen LogP contribution in [0.25, 0.3) is 0 Å². The molecule has 4 rings (SSSR count). The summed E-state index contributed by atoms with van der Waals surface area (Å²) >= 11 is 0. The van der Waals surface area contributed by atoms with Gasteiger partial charge in [-0.25, -0.2) is 0 Å². The minimum absolute atomic E-state index is 0.640. The zero-order valence-electron chi connectivity index (χ0n) is 54.5. The molecule has 0 amide bonds. The predicted octanol–water partition coefficient (Wildman–Crippen LogP) is 23.4. The van der Waals surface area contributed by atoms with E-state index in [0.29, 0.717) is 39.6 Å². The van der Waals surface area contributed by atoms with Crippen molar-refractivity contribution in [1.29, 1.82) is 0 Å². The molecule has 0 N–H and O–H groups in total. The smallest absolute Gasteiger partial charge is 0.204 e. The predicted molar refractivity (Wildman–Crippen MR) is 361 cm³/mol. The van der Waals surface area contributed by atoms with Crippen LogP contribution in [0.1, 0.15) is 295 Å². The van der Waals surface area contributed by atoms with Crippen molar-refractivity contribution in [3.05, 3.63) is 95.1 Å². The molecule has 0 unspecified atom stereocenters. The lowest BCUT2D eigenvalue weighted by atomic mass is 10.0. The molecule has 0 spiro atoms. The molecule has 8 nitrogen and oxygen atoms in total. The Balaban J connectivity index is 1.47. The Morgan fingerprint density at radius 3 is 0.762 bits per heavy atom. The molecule has 0 atom stereocenters. The van der Waals surface area contributed by atoms with Gasteiger partial charge in [-0.2, -0.15) is 0 Å². The summed E-state index contributed by atoms with van der Waals surface area (Å²) in [6, 6.07) is 25.6. The van der Waals surface area contributed by atoms with Gasteiger partial charge in [0.15, 0.2) is 23.0 Å². The first-order chi connectivity index (χ1) is 41.5. The molecule has 0 aromatic heterocycles. The first kappa shape index (κ1) is 71.5. The minimum Gasteiger partial charge on any atom is -0.490 e. The monoisotopic (exact) mass is 1160 g/mol. The molecule has 4 aromatic rings. The molecule has 0 aliphatic heterocycles. The van der Waals surface area contributed by atoms with Crippen LogP contribution in [0, 0.1) is 0 Å². The van der Waals surface area contributed by atoms with Gasteiger partial charge in [0.25, 0.3) is 0 Å².